The molecule has 4 nitrogen and oxygen atoms in total. The van der Waals surface area contributed by atoms with Gasteiger partial charge in [-0.15, -0.1) is 11.3 Å². The second-order valence-corrected chi connectivity index (χ2v) is 5.25. The van der Waals surface area contributed by atoms with Gasteiger partial charge >= 0.3 is 0 Å². The van der Waals surface area contributed by atoms with E-state index in [1.165, 1.54) is 4.88 Å². The Morgan fingerprint density at radius 1 is 1.75 bits per heavy atom. The summed E-state index contributed by atoms with van der Waals surface area (Å²) in [6.07, 6.45) is 0. The molecule has 3 N–H and O–H groups in total. The Morgan fingerprint density at radius 2 is 2.56 bits per heavy atom. The minimum atomic E-state index is -0.337. The van der Waals surface area contributed by atoms with E-state index >= 15 is 0 Å². The van der Waals surface area contributed by atoms with Gasteiger partial charge in [-0.3, -0.25) is 9.69 Å². The number of hydrogen-bond donors (Lipinski definition) is 2. The number of carbonyl (C=O) groups is 1. The van der Waals surface area contributed by atoms with Crippen LogP contribution < -0.4 is 11.1 Å². The number of rotatable bonds is 3. The molecular formula is C11H17N3OS. The molecule has 1 amide bonds. The van der Waals surface area contributed by atoms with E-state index in [2.05, 4.69) is 17.1 Å². The van der Waals surface area contributed by atoms with Crippen molar-refractivity contribution in [2.75, 3.05) is 19.6 Å². The monoisotopic (exact) mass is 239 g/mol. The first kappa shape index (κ1) is 11.6. The van der Waals surface area contributed by atoms with Crippen molar-refractivity contribution in [3.05, 3.63) is 21.9 Å². The van der Waals surface area contributed by atoms with Gasteiger partial charge in [-0.2, -0.15) is 0 Å². The van der Waals surface area contributed by atoms with Crippen molar-refractivity contribution in [3.8, 4) is 0 Å². The zero-order chi connectivity index (χ0) is 11.5. The van der Waals surface area contributed by atoms with Crippen molar-refractivity contribution in [3.63, 3.8) is 0 Å². The van der Waals surface area contributed by atoms with Crippen LogP contribution in [0.2, 0.25) is 0 Å². The van der Waals surface area contributed by atoms with E-state index in [0.29, 0.717) is 11.6 Å². The van der Waals surface area contributed by atoms with Gasteiger partial charge in [0.05, 0.1) is 5.56 Å². The van der Waals surface area contributed by atoms with Crippen LogP contribution >= 0.6 is 11.3 Å². The first-order chi connectivity index (χ1) is 7.65. The molecule has 2 rings (SSSR count). The number of thiophene rings is 1. The zero-order valence-corrected chi connectivity index (χ0v) is 10.2. The van der Waals surface area contributed by atoms with Crippen LogP contribution in [0.3, 0.4) is 0 Å². The molecule has 0 unspecified atom stereocenters. The zero-order valence-electron chi connectivity index (χ0n) is 9.40. The summed E-state index contributed by atoms with van der Waals surface area (Å²) in [6.45, 7) is 6.27. The highest BCUT2D eigenvalue weighted by Crippen LogP contribution is 2.17. The third-order valence-corrected chi connectivity index (χ3v) is 3.69. The lowest BCUT2D eigenvalue weighted by atomic mass is 10.2. The van der Waals surface area contributed by atoms with Crippen molar-refractivity contribution in [1.29, 1.82) is 0 Å². The van der Waals surface area contributed by atoms with Crippen molar-refractivity contribution >= 4 is 17.2 Å². The molecule has 1 saturated heterocycles. The number of piperazine rings is 1. The lowest BCUT2D eigenvalue weighted by molar-refractivity contribution is 0.100. The predicted octanol–water partition coefficient (Wildman–Crippen LogP) is 0.641. The number of nitrogens with two attached hydrogens (primary N) is 1. The van der Waals surface area contributed by atoms with Gasteiger partial charge in [0.15, 0.2) is 0 Å². The quantitative estimate of drug-likeness (QED) is 0.814. The molecule has 5 heteroatoms. The van der Waals surface area contributed by atoms with Crippen LogP contribution in [0.5, 0.6) is 0 Å². The Labute approximate surface area is 99.4 Å². The standard InChI is InChI=1S/C11H17N3OS/c1-8-5-14(3-2-13-8)6-10-4-9(7-16-10)11(12)15/h4,7-8,13H,2-3,5-6H2,1H3,(H2,12,15)/t8-/m1/s1. The average Bonchev–Trinajstić information content (AvgIpc) is 2.66. The number of carbonyl (C=O) groups excluding carboxylic acids is 1. The molecule has 0 saturated carbocycles. The number of primary amides is 1. The fourth-order valence-corrected chi connectivity index (χ4v) is 2.88. The van der Waals surface area contributed by atoms with E-state index in [1.54, 1.807) is 11.3 Å². The maximum Gasteiger partial charge on any atom is 0.249 e. The Balaban J connectivity index is 1.95. The number of nitrogens with one attached hydrogen (secondary N) is 1. The maximum absolute atomic E-state index is 11.0. The van der Waals surface area contributed by atoms with Crippen LogP contribution in [-0.4, -0.2) is 36.5 Å². The fraction of sp³-hybridized carbons (Fsp3) is 0.545. The van der Waals surface area contributed by atoms with E-state index in [0.717, 1.165) is 26.2 Å². The molecule has 0 aromatic carbocycles. The SMILES string of the molecule is C[C@@H]1CN(Cc2cc(C(N)=O)cs2)CCN1. The average molecular weight is 239 g/mol. The third kappa shape index (κ3) is 2.81. The lowest BCUT2D eigenvalue weighted by Gasteiger charge is -2.31. The molecule has 1 aliphatic rings. The van der Waals surface area contributed by atoms with Crippen molar-refractivity contribution in [1.82, 2.24) is 10.2 Å². The molecule has 0 spiro atoms. The summed E-state index contributed by atoms with van der Waals surface area (Å²) in [5.74, 6) is -0.337. The van der Waals surface area contributed by atoms with Crippen molar-refractivity contribution in [2.45, 2.75) is 19.5 Å². The predicted molar refractivity (Wildman–Crippen MR) is 65.6 cm³/mol. The highest BCUT2D eigenvalue weighted by molar-refractivity contribution is 7.10. The Morgan fingerprint density at radius 3 is 3.19 bits per heavy atom. The van der Waals surface area contributed by atoms with Crippen molar-refractivity contribution in [2.24, 2.45) is 5.73 Å². The van der Waals surface area contributed by atoms with Crippen molar-refractivity contribution < 1.29 is 4.79 Å². The molecule has 1 aliphatic heterocycles. The minimum Gasteiger partial charge on any atom is -0.366 e. The maximum atomic E-state index is 11.0. The summed E-state index contributed by atoms with van der Waals surface area (Å²) in [4.78, 5) is 14.6. The van der Waals surface area contributed by atoms with E-state index in [1.807, 2.05) is 11.4 Å². The molecule has 1 fully saturated rings. The van der Waals surface area contributed by atoms with Gasteiger partial charge in [0.25, 0.3) is 0 Å². The molecule has 0 aliphatic carbocycles. The number of nitrogens with zero attached hydrogens (tertiary/aromatic N) is 1. The minimum absolute atomic E-state index is 0.337. The second kappa shape index (κ2) is 4.95. The highest BCUT2D eigenvalue weighted by atomic mass is 32.1. The number of hydrogen-bond acceptors (Lipinski definition) is 4. The smallest absolute Gasteiger partial charge is 0.249 e. The second-order valence-electron chi connectivity index (χ2n) is 4.26. The third-order valence-electron chi connectivity index (χ3n) is 2.77. The Hall–Kier alpha value is -0.910. The summed E-state index contributed by atoms with van der Waals surface area (Å²) in [5, 5.41) is 5.25. The van der Waals surface area contributed by atoms with E-state index in [9.17, 15) is 4.79 Å². The molecule has 1 aromatic rings. The lowest BCUT2D eigenvalue weighted by Crippen LogP contribution is -2.48. The summed E-state index contributed by atoms with van der Waals surface area (Å²) < 4.78 is 0. The molecular weight excluding hydrogens is 222 g/mol. The first-order valence-corrected chi connectivity index (χ1v) is 6.36. The van der Waals surface area contributed by atoms with Gasteiger partial charge in [-0.1, -0.05) is 0 Å². The summed E-state index contributed by atoms with van der Waals surface area (Å²) in [6, 6.07) is 2.45. The van der Waals surface area contributed by atoms with Gasteiger partial charge in [0, 0.05) is 42.5 Å². The van der Waals surface area contributed by atoms with Crippen LogP contribution in [0, 0.1) is 0 Å². The van der Waals surface area contributed by atoms with Crippen LogP contribution in [0.15, 0.2) is 11.4 Å². The van der Waals surface area contributed by atoms with Crippen LogP contribution in [0.1, 0.15) is 22.2 Å². The molecule has 2 heterocycles. The largest absolute Gasteiger partial charge is 0.366 e. The normalized spacial score (nSPS) is 22.2. The first-order valence-electron chi connectivity index (χ1n) is 5.48. The van der Waals surface area contributed by atoms with Gasteiger partial charge in [-0.05, 0) is 13.0 Å². The van der Waals surface area contributed by atoms with E-state index in [-0.39, 0.29) is 5.91 Å². The van der Waals surface area contributed by atoms with E-state index in [4.69, 9.17) is 5.73 Å². The number of amides is 1. The highest BCUT2D eigenvalue weighted by Gasteiger charge is 2.16. The van der Waals surface area contributed by atoms with Crippen LogP contribution in [0.25, 0.3) is 0 Å². The van der Waals surface area contributed by atoms with Gasteiger partial charge < -0.3 is 11.1 Å². The van der Waals surface area contributed by atoms with Gasteiger partial charge in [-0.25, -0.2) is 0 Å². The van der Waals surface area contributed by atoms with Crippen LogP contribution in [-0.2, 0) is 6.54 Å². The molecule has 16 heavy (non-hydrogen) atoms. The molecule has 0 bridgehead atoms. The Bertz CT molecular complexity index is 377. The van der Waals surface area contributed by atoms with Crippen LogP contribution in [0.4, 0.5) is 0 Å². The fourth-order valence-electron chi connectivity index (χ4n) is 1.97. The molecule has 88 valence electrons. The molecule has 1 aromatic heterocycles. The van der Waals surface area contributed by atoms with E-state index < -0.39 is 0 Å². The summed E-state index contributed by atoms with van der Waals surface area (Å²) in [5.41, 5.74) is 5.85. The summed E-state index contributed by atoms with van der Waals surface area (Å²) >= 11 is 1.61. The molecule has 1 atom stereocenters. The Kier molecular flexibility index (Phi) is 3.58. The van der Waals surface area contributed by atoms with Gasteiger partial charge in [0.1, 0.15) is 0 Å². The van der Waals surface area contributed by atoms with Gasteiger partial charge in [0.2, 0.25) is 5.91 Å². The molecule has 0 radical (unpaired) electrons. The summed E-state index contributed by atoms with van der Waals surface area (Å²) in [7, 11) is 0. The topological polar surface area (TPSA) is 58.4 Å².